The Morgan fingerprint density at radius 1 is 1.37 bits per heavy atom. The molecule has 0 fully saturated rings. The molecule has 0 bridgehead atoms. The predicted octanol–water partition coefficient (Wildman–Crippen LogP) is 2.50. The molecule has 0 spiro atoms. The van der Waals surface area contributed by atoms with Crippen molar-refractivity contribution in [2.75, 3.05) is 0 Å². The Morgan fingerprint density at radius 2 is 2.11 bits per heavy atom. The Labute approximate surface area is 110 Å². The van der Waals surface area contributed by atoms with E-state index in [0.29, 0.717) is 23.7 Å². The molecule has 0 aliphatic rings. The number of carboxylic acid groups (broad SMARTS) is 1. The molecule has 0 aliphatic carbocycles. The van der Waals surface area contributed by atoms with Crippen molar-refractivity contribution in [3.63, 3.8) is 0 Å². The number of rotatable bonds is 5. The fourth-order valence-electron chi connectivity index (χ4n) is 1.81. The zero-order valence-corrected chi connectivity index (χ0v) is 10.8. The Bertz CT molecular complexity index is 569. The molecule has 1 aromatic carbocycles. The molecule has 1 N–H and O–H groups in total. The molecule has 0 radical (unpaired) electrons. The van der Waals surface area contributed by atoms with Crippen LogP contribution >= 0.6 is 0 Å². The lowest BCUT2D eigenvalue weighted by atomic mass is 10.1. The molecule has 0 amide bonds. The van der Waals surface area contributed by atoms with Gasteiger partial charge in [-0.15, -0.1) is 0 Å². The van der Waals surface area contributed by atoms with E-state index in [1.54, 1.807) is 18.2 Å². The Hall–Kier alpha value is -2.30. The highest BCUT2D eigenvalue weighted by Gasteiger charge is 2.12. The number of nitrogens with zero attached hydrogens (tertiary/aromatic N) is 1. The summed E-state index contributed by atoms with van der Waals surface area (Å²) in [7, 11) is 0. The minimum atomic E-state index is -0.881. The van der Waals surface area contributed by atoms with E-state index in [0.717, 1.165) is 11.3 Å². The maximum absolute atomic E-state index is 10.8. The van der Waals surface area contributed by atoms with Crippen LogP contribution in [0, 0.1) is 13.8 Å². The van der Waals surface area contributed by atoms with Crippen molar-refractivity contribution in [1.82, 2.24) is 5.16 Å². The van der Waals surface area contributed by atoms with Gasteiger partial charge in [0.15, 0.2) is 0 Å². The predicted molar refractivity (Wildman–Crippen MR) is 68.1 cm³/mol. The molecule has 5 nitrogen and oxygen atoms in total. The number of aromatic nitrogens is 1. The van der Waals surface area contributed by atoms with Crippen molar-refractivity contribution in [2.45, 2.75) is 26.9 Å². The maximum atomic E-state index is 10.8. The molecule has 0 aliphatic heterocycles. The first-order valence-electron chi connectivity index (χ1n) is 5.92. The van der Waals surface area contributed by atoms with Crippen LogP contribution in [0.5, 0.6) is 5.75 Å². The molecule has 0 saturated carbocycles. The second kappa shape index (κ2) is 5.56. The highest BCUT2D eigenvalue weighted by atomic mass is 16.5. The smallest absolute Gasteiger partial charge is 0.307 e. The molecule has 19 heavy (non-hydrogen) atoms. The van der Waals surface area contributed by atoms with Crippen LogP contribution in [0.3, 0.4) is 0 Å². The van der Waals surface area contributed by atoms with Crippen LogP contribution in [0.4, 0.5) is 0 Å². The second-order valence-electron chi connectivity index (χ2n) is 4.27. The zero-order valence-electron chi connectivity index (χ0n) is 10.8. The number of para-hydroxylation sites is 1. The number of hydrogen-bond acceptors (Lipinski definition) is 4. The lowest BCUT2D eigenvalue weighted by Gasteiger charge is -2.09. The molecule has 2 rings (SSSR count). The number of aryl methyl sites for hydroxylation is 2. The summed E-state index contributed by atoms with van der Waals surface area (Å²) in [5.41, 5.74) is 2.33. The SMILES string of the molecule is Cc1noc(C)c1COc1ccccc1CC(=O)O. The van der Waals surface area contributed by atoms with Crippen LogP contribution in [-0.2, 0) is 17.8 Å². The normalized spacial score (nSPS) is 10.4. The average Bonchev–Trinajstić information content (AvgIpc) is 2.68. The van der Waals surface area contributed by atoms with Gasteiger partial charge < -0.3 is 14.4 Å². The minimum Gasteiger partial charge on any atom is -0.488 e. The summed E-state index contributed by atoms with van der Waals surface area (Å²) in [5.74, 6) is 0.409. The Balaban J connectivity index is 2.13. The number of carboxylic acids is 1. The molecule has 1 heterocycles. The highest BCUT2D eigenvalue weighted by Crippen LogP contribution is 2.21. The first kappa shape index (κ1) is 13.1. The number of carbonyl (C=O) groups is 1. The van der Waals surface area contributed by atoms with Crippen LogP contribution in [0.1, 0.15) is 22.6 Å². The molecule has 0 saturated heterocycles. The van der Waals surface area contributed by atoms with Gasteiger partial charge in [-0.25, -0.2) is 0 Å². The average molecular weight is 261 g/mol. The molecule has 100 valence electrons. The van der Waals surface area contributed by atoms with Crippen molar-refractivity contribution in [1.29, 1.82) is 0 Å². The third kappa shape index (κ3) is 3.13. The number of hydrogen-bond donors (Lipinski definition) is 1. The third-order valence-electron chi connectivity index (χ3n) is 2.87. The molecule has 0 atom stereocenters. The van der Waals surface area contributed by atoms with E-state index in [9.17, 15) is 4.79 Å². The van der Waals surface area contributed by atoms with Crippen molar-refractivity contribution in [2.24, 2.45) is 0 Å². The van der Waals surface area contributed by atoms with Gasteiger partial charge >= 0.3 is 5.97 Å². The number of aliphatic carboxylic acids is 1. The van der Waals surface area contributed by atoms with Crippen molar-refractivity contribution in [3.8, 4) is 5.75 Å². The zero-order chi connectivity index (χ0) is 13.8. The topological polar surface area (TPSA) is 72.6 Å². The monoisotopic (exact) mass is 261 g/mol. The van der Waals surface area contributed by atoms with Gasteiger partial charge in [0.1, 0.15) is 18.1 Å². The van der Waals surface area contributed by atoms with Crippen LogP contribution < -0.4 is 4.74 Å². The number of ether oxygens (including phenoxy) is 1. The van der Waals surface area contributed by atoms with Gasteiger partial charge in [0, 0.05) is 5.56 Å². The quantitative estimate of drug-likeness (QED) is 0.895. The van der Waals surface area contributed by atoms with E-state index in [1.807, 2.05) is 19.9 Å². The van der Waals surface area contributed by atoms with Crippen LogP contribution in [0.25, 0.3) is 0 Å². The lowest BCUT2D eigenvalue weighted by molar-refractivity contribution is -0.136. The van der Waals surface area contributed by atoms with Gasteiger partial charge in [-0.3, -0.25) is 4.79 Å². The summed E-state index contributed by atoms with van der Waals surface area (Å²) in [4.78, 5) is 10.8. The summed E-state index contributed by atoms with van der Waals surface area (Å²) < 4.78 is 10.7. The fraction of sp³-hybridized carbons (Fsp3) is 0.286. The molecular formula is C14H15NO4. The summed E-state index contributed by atoms with van der Waals surface area (Å²) >= 11 is 0. The molecular weight excluding hydrogens is 246 g/mol. The molecule has 2 aromatic rings. The van der Waals surface area contributed by atoms with Crippen LogP contribution in [0.2, 0.25) is 0 Å². The van der Waals surface area contributed by atoms with E-state index in [2.05, 4.69) is 5.16 Å². The van der Waals surface area contributed by atoms with Gasteiger partial charge in [-0.2, -0.15) is 0 Å². The van der Waals surface area contributed by atoms with Gasteiger partial charge in [-0.05, 0) is 19.9 Å². The molecule has 0 unspecified atom stereocenters. The maximum Gasteiger partial charge on any atom is 0.307 e. The van der Waals surface area contributed by atoms with E-state index >= 15 is 0 Å². The summed E-state index contributed by atoms with van der Waals surface area (Å²) in [6.45, 7) is 3.98. The van der Waals surface area contributed by atoms with Crippen molar-refractivity contribution < 1.29 is 19.2 Å². The first-order valence-corrected chi connectivity index (χ1v) is 5.92. The van der Waals surface area contributed by atoms with Crippen LogP contribution in [-0.4, -0.2) is 16.2 Å². The van der Waals surface area contributed by atoms with Gasteiger partial charge in [0.25, 0.3) is 0 Å². The van der Waals surface area contributed by atoms with Gasteiger partial charge in [-0.1, -0.05) is 23.4 Å². The minimum absolute atomic E-state index is 0.0578. The number of benzene rings is 1. The van der Waals surface area contributed by atoms with E-state index in [4.69, 9.17) is 14.4 Å². The summed E-state index contributed by atoms with van der Waals surface area (Å²) in [5, 5.41) is 12.7. The Morgan fingerprint density at radius 3 is 2.74 bits per heavy atom. The highest BCUT2D eigenvalue weighted by molar-refractivity contribution is 5.71. The Kier molecular flexibility index (Phi) is 3.85. The third-order valence-corrected chi connectivity index (χ3v) is 2.87. The van der Waals surface area contributed by atoms with Crippen LogP contribution in [0.15, 0.2) is 28.8 Å². The molecule has 1 aromatic heterocycles. The van der Waals surface area contributed by atoms with E-state index < -0.39 is 5.97 Å². The van der Waals surface area contributed by atoms with Gasteiger partial charge in [0.05, 0.1) is 17.7 Å². The largest absolute Gasteiger partial charge is 0.488 e. The lowest BCUT2D eigenvalue weighted by Crippen LogP contribution is -2.04. The standard InChI is InChI=1S/C14H15NO4/c1-9-12(10(2)19-15-9)8-18-13-6-4-3-5-11(13)7-14(16)17/h3-6H,7-8H2,1-2H3,(H,16,17). The summed E-state index contributed by atoms with van der Waals surface area (Å²) in [6, 6.07) is 7.11. The van der Waals surface area contributed by atoms with Crippen molar-refractivity contribution in [3.05, 3.63) is 46.8 Å². The summed E-state index contributed by atoms with van der Waals surface area (Å²) in [6.07, 6.45) is -0.0578. The fourth-order valence-corrected chi connectivity index (χ4v) is 1.81. The van der Waals surface area contributed by atoms with Crippen molar-refractivity contribution >= 4 is 5.97 Å². The van der Waals surface area contributed by atoms with E-state index in [-0.39, 0.29) is 6.42 Å². The van der Waals surface area contributed by atoms with E-state index in [1.165, 1.54) is 0 Å². The molecule has 5 heteroatoms. The first-order chi connectivity index (χ1) is 9.08. The van der Waals surface area contributed by atoms with Gasteiger partial charge in [0.2, 0.25) is 0 Å². The second-order valence-corrected chi connectivity index (χ2v) is 4.27.